The number of carbonyl (C=O) groups excluding carboxylic acids is 2. The fourth-order valence-electron chi connectivity index (χ4n) is 3.06. The van der Waals surface area contributed by atoms with Gasteiger partial charge in [-0.3, -0.25) is 4.79 Å². The summed E-state index contributed by atoms with van der Waals surface area (Å²) < 4.78 is 24.3. The molecule has 0 fully saturated rings. The lowest BCUT2D eigenvalue weighted by atomic mass is 10.1. The molecule has 3 aromatic carbocycles. The van der Waals surface area contributed by atoms with Crippen LogP contribution in [0.1, 0.15) is 17.2 Å². The normalized spacial score (nSPS) is 13.3. The van der Waals surface area contributed by atoms with Crippen molar-refractivity contribution in [1.82, 2.24) is 0 Å². The highest BCUT2D eigenvalue weighted by Gasteiger charge is 2.28. The summed E-state index contributed by atoms with van der Waals surface area (Å²) in [7, 11) is 0. The van der Waals surface area contributed by atoms with Crippen LogP contribution in [0.4, 0.5) is 10.1 Å². The minimum atomic E-state index is -1.18. The molecule has 0 radical (unpaired) electrons. The van der Waals surface area contributed by atoms with Gasteiger partial charge in [-0.15, -0.1) is 0 Å². The Morgan fingerprint density at radius 2 is 1.63 bits per heavy atom. The lowest BCUT2D eigenvalue weighted by molar-refractivity contribution is -0.151. The number of halogens is 1. The maximum atomic E-state index is 13.1. The number of hydrogen-bond donors (Lipinski definition) is 1. The summed E-state index contributed by atoms with van der Waals surface area (Å²) in [5, 5.41) is 2.66. The summed E-state index contributed by atoms with van der Waals surface area (Å²) in [6.07, 6.45) is 0.517. The quantitative estimate of drug-likeness (QED) is 0.636. The summed E-state index contributed by atoms with van der Waals surface area (Å²) in [6.45, 7) is 0.0525. The number of carbonyl (C=O) groups is 2. The molecule has 0 aliphatic carbocycles. The molecule has 5 nitrogen and oxygen atoms in total. The van der Waals surface area contributed by atoms with Gasteiger partial charge in [0.15, 0.2) is 0 Å². The van der Waals surface area contributed by atoms with E-state index in [1.807, 2.05) is 24.3 Å². The number of amides is 1. The first-order valence-electron chi connectivity index (χ1n) is 9.35. The molecule has 1 atom stereocenters. The zero-order chi connectivity index (χ0) is 20.9. The Kier molecular flexibility index (Phi) is 5.57. The van der Waals surface area contributed by atoms with Crippen LogP contribution in [0, 0.1) is 5.82 Å². The Hall–Kier alpha value is -3.93. The van der Waals surface area contributed by atoms with E-state index in [9.17, 15) is 14.0 Å². The molecule has 1 N–H and O–H groups in total. The highest BCUT2D eigenvalue weighted by Crippen LogP contribution is 2.28. The van der Waals surface area contributed by atoms with Gasteiger partial charge in [-0.05, 0) is 36.4 Å². The van der Waals surface area contributed by atoms with E-state index >= 15 is 0 Å². The van der Waals surface area contributed by atoms with Crippen LogP contribution >= 0.6 is 0 Å². The minimum absolute atomic E-state index is 0.0525. The van der Waals surface area contributed by atoms with Crippen molar-refractivity contribution < 1.29 is 23.5 Å². The highest BCUT2D eigenvalue weighted by molar-refractivity contribution is 6.00. The van der Waals surface area contributed by atoms with Crippen LogP contribution < -0.4 is 10.1 Å². The zero-order valence-corrected chi connectivity index (χ0v) is 15.9. The summed E-state index contributed by atoms with van der Waals surface area (Å²) in [4.78, 5) is 25.7. The van der Waals surface area contributed by atoms with E-state index in [1.165, 1.54) is 24.3 Å². The second kappa shape index (κ2) is 8.61. The van der Waals surface area contributed by atoms with Crippen molar-refractivity contribution >= 4 is 23.6 Å². The van der Waals surface area contributed by atoms with Gasteiger partial charge in [-0.2, -0.15) is 0 Å². The first-order valence-corrected chi connectivity index (χ1v) is 9.35. The number of anilines is 1. The Balaban J connectivity index is 1.56. The van der Waals surface area contributed by atoms with Crippen LogP contribution in [0.25, 0.3) is 6.08 Å². The van der Waals surface area contributed by atoms with Gasteiger partial charge in [0.2, 0.25) is 6.10 Å². The van der Waals surface area contributed by atoms with Crippen molar-refractivity contribution in [3.05, 3.63) is 101 Å². The van der Waals surface area contributed by atoms with Crippen molar-refractivity contribution in [3.8, 4) is 5.75 Å². The zero-order valence-electron chi connectivity index (χ0n) is 15.9. The number of nitrogens with one attached hydrogen (secondary N) is 1. The van der Waals surface area contributed by atoms with Gasteiger partial charge in [-0.1, -0.05) is 48.5 Å². The molecule has 1 heterocycles. The van der Waals surface area contributed by atoms with Gasteiger partial charge in [0.25, 0.3) is 5.91 Å². The molecule has 1 aliphatic rings. The standard InChI is InChI=1S/C24H18FNO4/c25-19-10-12-20(13-11-19)26-23(27)22(16-6-2-1-3-7-16)30-24(28)18-14-17-8-4-5-9-21(17)29-15-18/h1-14,22H,15H2,(H,26,27)/t22-/m1/s1. The summed E-state index contributed by atoms with van der Waals surface area (Å²) in [6, 6.07) is 21.4. The van der Waals surface area contributed by atoms with Gasteiger partial charge in [0, 0.05) is 16.8 Å². The molecular weight excluding hydrogens is 385 g/mol. The smallest absolute Gasteiger partial charge is 0.338 e. The van der Waals surface area contributed by atoms with Gasteiger partial charge >= 0.3 is 5.97 Å². The molecule has 0 saturated heterocycles. The molecule has 4 rings (SSSR count). The summed E-state index contributed by atoms with van der Waals surface area (Å²) in [5.74, 6) is -0.919. The van der Waals surface area contributed by atoms with Crippen LogP contribution in [-0.4, -0.2) is 18.5 Å². The fourth-order valence-corrected chi connectivity index (χ4v) is 3.06. The average Bonchev–Trinajstić information content (AvgIpc) is 2.79. The number of esters is 1. The molecule has 0 saturated carbocycles. The fraction of sp³-hybridized carbons (Fsp3) is 0.0833. The van der Waals surface area contributed by atoms with E-state index in [2.05, 4.69) is 5.32 Å². The van der Waals surface area contributed by atoms with E-state index in [1.54, 1.807) is 36.4 Å². The number of fused-ring (bicyclic) bond motifs is 1. The molecule has 1 aliphatic heterocycles. The molecule has 150 valence electrons. The van der Waals surface area contributed by atoms with Crippen molar-refractivity contribution in [1.29, 1.82) is 0 Å². The predicted octanol–water partition coefficient (Wildman–Crippen LogP) is 4.52. The molecule has 0 aromatic heterocycles. The van der Waals surface area contributed by atoms with Crippen molar-refractivity contribution in [2.75, 3.05) is 11.9 Å². The largest absolute Gasteiger partial charge is 0.488 e. The Labute approximate surface area is 172 Å². The predicted molar refractivity (Wildman–Crippen MR) is 110 cm³/mol. The third-order valence-electron chi connectivity index (χ3n) is 4.57. The molecule has 30 heavy (non-hydrogen) atoms. The molecular formula is C24H18FNO4. The molecule has 0 bridgehead atoms. The average molecular weight is 403 g/mol. The maximum Gasteiger partial charge on any atom is 0.338 e. The molecule has 3 aromatic rings. The van der Waals surface area contributed by atoms with Crippen LogP contribution in [0.5, 0.6) is 5.75 Å². The number of para-hydroxylation sites is 1. The van der Waals surface area contributed by atoms with E-state index in [4.69, 9.17) is 9.47 Å². The molecule has 1 amide bonds. The summed E-state index contributed by atoms with van der Waals surface area (Å²) in [5.41, 5.74) is 1.99. The second-order valence-electron chi connectivity index (χ2n) is 6.69. The van der Waals surface area contributed by atoms with Gasteiger partial charge in [0.05, 0.1) is 5.57 Å². The van der Waals surface area contributed by atoms with Gasteiger partial charge < -0.3 is 14.8 Å². The van der Waals surface area contributed by atoms with Gasteiger partial charge in [0.1, 0.15) is 18.2 Å². The lowest BCUT2D eigenvalue weighted by Gasteiger charge is -2.21. The SMILES string of the molecule is O=C(O[C@@H](C(=O)Nc1ccc(F)cc1)c1ccccc1)C1=Cc2ccccc2OC1. The highest BCUT2D eigenvalue weighted by atomic mass is 19.1. The van der Waals surface area contributed by atoms with E-state index in [0.717, 1.165) is 5.56 Å². The van der Waals surface area contributed by atoms with Crippen LogP contribution in [0.2, 0.25) is 0 Å². The molecule has 0 unspecified atom stereocenters. The number of ether oxygens (including phenoxy) is 2. The Morgan fingerprint density at radius 1 is 0.933 bits per heavy atom. The molecule has 0 spiro atoms. The topological polar surface area (TPSA) is 64.6 Å². The molecule has 6 heteroatoms. The van der Waals surface area contributed by atoms with E-state index in [0.29, 0.717) is 22.6 Å². The minimum Gasteiger partial charge on any atom is -0.488 e. The van der Waals surface area contributed by atoms with E-state index < -0.39 is 23.8 Å². The van der Waals surface area contributed by atoms with Crippen LogP contribution in [-0.2, 0) is 14.3 Å². The van der Waals surface area contributed by atoms with Crippen LogP contribution in [0.15, 0.2) is 84.4 Å². The first-order chi connectivity index (χ1) is 14.6. The maximum absolute atomic E-state index is 13.1. The third kappa shape index (κ3) is 4.38. The van der Waals surface area contributed by atoms with Gasteiger partial charge in [-0.25, -0.2) is 9.18 Å². The van der Waals surface area contributed by atoms with Crippen molar-refractivity contribution in [2.45, 2.75) is 6.10 Å². The lowest BCUT2D eigenvalue weighted by Crippen LogP contribution is -2.27. The Bertz CT molecular complexity index is 1090. The number of benzene rings is 3. The number of hydrogen-bond acceptors (Lipinski definition) is 4. The second-order valence-corrected chi connectivity index (χ2v) is 6.69. The summed E-state index contributed by atoms with van der Waals surface area (Å²) >= 11 is 0. The first kappa shape index (κ1) is 19.4. The monoisotopic (exact) mass is 403 g/mol. The van der Waals surface area contributed by atoms with Crippen molar-refractivity contribution in [3.63, 3.8) is 0 Å². The van der Waals surface area contributed by atoms with Crippen molar-refractivity contribution in [2.24, 2.45) is 0 Å². The Morgan fingerprint density at radius 3 is 2.40 bits per heavy atom. The van der Waals surface area contributed by atoms with Crippen LogP contribution in [0.3, 0.4) is 0 Å². The number of rotatable bonds is 5. The third-order valence-corrected chi connectivity index (χ3v) is 4.57. The van der Waals surface area contributed by atoms with E-state index in [-0.39, 0.29) is 6.61 Å².